The lowest BCUT2D eigenvalue weighted by Crippen LogP contribution is -2.31. The average molecular weight is 207 g/mol. The zero-order valence-corrected chi connectivity index (χ0v) is 8.27. The Kier molecular flexibility index (Phi) is 3.75. The van der Waals surface area contributed by atoms with Crippen LogP contribution < -0.4 is 0 Å². The molecule has 1 aromatic rings. The fourth-order valence-electron chi connectivity index (χ4n) is 1.10. The van der Waals surface area contributed by atoms with Crippen molar-refractivity contribution in [3.05, 3.63) is 29.8 Å². The zero-order valence-electron chi connectivity index (χ0n) is 8.27. The molecule has 0 saturated carbocycles. The van der Waals surface area contributed by atoms with E-state index in [2.05, 4.69) is 4.98 Å². The molecule has 0 saturated heterocycles. The summed E-state index contributed by atoms with van der Waals surface area (Å²) in [5.41, 5.74) is 0.0205. The lowest BCUT2D eigenvalue weighted by molar-refractivity contribution is 0.0777. The molecule has 1 heterocycles. The fourth-order valence-corrected chi connectivity index (χ4v) is 1.10. The number of aromatic nitrogens is 1. The van der Waals surface area contributed by atoms with Gasteiger partial charge in [-0.15, -0.1) is 0 Å². The first kappa shape index (κ1) is 11.1. The summed E-state index contributed by atoms with van der Waals surface area (Å²) < 4.78 is 12.7. The normalized spacial score (nSPS) is 9.40. The molecule has 78 valence electrons. The van der Waals surface area contributed by atoms with E-state index in [4.69, 9.17) is 5.26 Å². The van der Waals surface area contributed by atoms with Gasteiger partial charge in [-0.1, -0.05) is 6.07 Å². The summed E-state index contributed by atoms with van der Waals surface area (Å²) in [6.45, 7) is 2.12. The molecule has 0 fully saturated rings. The minimum absolute atomic E-state index is 0.0203. The Hall–Kier alpha value is -1.96. The van der Waals surface area contributed by atoms with E-state index in [1.807, 2.05) is 6.07 Å². The minimum atomic E-state index is -0.700. The van der Waals surface area contributed by atoms with Crippen LogP contribution in [0.4, 0.5) is 4.39 Å². The van der Waals surface area contributed by atoms with E-state index in [1.165, 1.54) is 17.0 Å². The Morgan fingerprint density at radius 1 is 1.67 bits per heavy atom. The molecule has 0 aliphatic heterocycles. The van der Waals surface area contributed by atoms with Crippen LogP contribution >= 0.6 is 0 Å². The second-order valence-corrected chi connectivity index (χ2v) is 2.82. The Bertz CT molecular complexity index is 400. The van der Waals surface area contributed by atoms with Crippen molar-refractivity contribution in [2.45, 2.75) is 6.92 Å². The van der Waals surface area contributed by atoms with E-state index in [0.29, 0.717) is 6.54 Å². The van der Waals surface area contributed by atoms with Crippen molar-refractivity contribution >= 4 is 5.91 Å². The third-order valence-corrected chi connectivity index (χ3v) is 1.86. The maximum atomic E-state index is 12.7. The third kappa shape index (κ3) is 2.74. The third-order valence-electron chi connectivity index (χ3n) is 1.86. The predicted octanol–water partition coefficient (Wildman–Crippen LogP) is 1.21. The summed E-state index contributed by atoms with van der Waals surface area (Å²) in [6, 6.07) is 5.87. The van der Waals surface area contributed by atoms with E-state index in [0.717, 1.165) is 6.07 Å². The Balaban J connectivity index is 2.88. The predicted molar refractivity (Wildman–Crippen MR) is 51.4 cm³/mol. The summed E-state index contributed by atoms with van der Waals surface area (Å²) in [5, 5.41) is 8.48. The van der Waals surface area contributed by atoms with Gasteiger partial charge in [-0.3, -0.25) is 4.79 Å². The van der Waals surface area contributed by atoms with Gasteiger partial charge in [-0.2, -0.15) is 9.65 Å². The van der Waals surface area contributed by atoms with Crippen LogP contribution in [0.2, 0.25) is 0 Å². The molecule has 0 unspecified atom stereocenters. The number of amides is 1. The summed E-state index contributed by atoms with van der Waals surface area (Å²) >= 11 is 0. The highest BCUT2D eigenvalue weighted by Crippen LogP contribution is 2.02. The molecule has 4 nitrogen and oxygen atoms in total. The summed E-state index contributed by atoms with van der Waals surface area (Å²) in [5.74, 6) is -1.13. The number of hydrogen-bond acceptors (Lipinski definition) is 3. The summed E-state index contributed by atoms with van der Waals surface area (Å²) in [6.07, 6.45) is 0. The van der Waals surface area contributed by atoms with Crippen LogP contribution in [-0.2, 0) is 0 Å². The average Bonchev–Trinajstić information content (AvgIpc) is 2.25. The number of carbonyl (C=O) groups is 1. The molecular formula is C10H10FN3O. The van der Waals surface area contributed by atoms with Crippen LogP contribution in [0, 0.1) is 17.3 Å². The molecule has 0 spiro atoms. The molecule has 5 heteroatoms. The molecule has 0 N–H and O–H groups in total. The molecule has 0 radical (unpaired) electrons. The first-order chi connectivity index (χ1) is 7.19. The van der Waals surface area contributed by atoms with Crippen LogP contribution in [0.1, 0.15) is 17.4 Å². The van der Waals surface area contributed by atoms with Gasteiger partial charge in [0.2, 0.25) is 5.95 Å². The number of nitrogens with zero attached hydrogens (tertiary/aromatic N) is 3. The van der Waals surface area contributed by atoms with Crippen molar-refractivity contribution in [3.63, 3.8) is 0 Å². The molecule has 0 aliphatic rings. The first-order valence-corrected chi connectivity index (χ1v) is 4.47. The Morgan fingerprint density at radius 3 is 2.93 bits per heavy atom. The van der Waals surface area contributed by atoms with Crippen molar-refractivity contribution in [2.24, 2.45) is 0 Å². The highest BCUT2D eigenvalue weighted by molar-refractivity contribution is 5.92. The molecule has 0 atom stereocenters. The largest absolute Gasteiger partial charge is 0.324 e. The quantitative estimate of drug-likeness (QED) is 0.553. The highest BCUT2D eigenvalue weighted by atomic mass is 19.1. The van der Waals surface area contributed by atoms with E-state index < -0.39 is 11.9 Å². The van der Waals surface area contributed by atoms with E-state index in [1.54, 1.807) is 6.92 Å². The number of halogens is 1. The summed E-state index contributed by atoms with van der Waals surface area (Å²) in [7, 11) is 0. The van der Waals surface area contributed by atoms with Gasteiger partial charge >= 0.3 is 0 Å². The minimum Gasteiger partial charge on any atom is -0.324 e. The van der Waals surface area contributed by atoms with Gasteiger partial charge in [0, 0.05) is 6.54 Å². The van der Waals surface area contributed by atoms with Gasteiger partial charge in [0.05, 0.1) is 6.07 Å². The van der Waals surface area contributed by atoms with Gasteiger partial charge in [-0.25, -0.2) is 4.98 Å². The molecular weight excluding hydrogens is 197 g/mol. The van der Waals surface area contributed by atoms with Gasteiger partial charge in [-0.05, 0) is 19.1 Å². The SMILES string of the molecule is CCN(CC#N)C(=O)c1cccc(F)n1. The van der Waals surface area contributed by atoms with Crippen molar-refractivity contribution in [2.75, 3.05) is 13.1 Å². The lowest BCUT2D eigenvalue weighted by atomic mass is 10.3. The molecule has 0 bridgehead atoms. The number of nitriles is 1. The van der Waals surface area contributed by atoms with Crippen LogP contribution in [0.5, 0.6) is 0 Å². The lowest BCUT2D eigenvalue weighted by Gasteiger charge is -2.16. The van der Waals surface area contributed by atoms with Crippen molar-refractivity contribution in [1.82, 2.24) is 9.88 Å². The fraction of sp³-hybridized carbons (Fsp3) is 0.300. The number of rotatable bonds is 3. The first-order valence-electron chi connectivity index (χ1n) is 4.47. The van der Waals surface area contributed by atoms with Crippen LogP contribution in [0.25, 0.3) is 0 Å². The smallest absolute Gasteiger partial charge is 0.273 e. The molecule has 1 rings (SSSR count). The molecule has 0 aromatic carbocycles. The number of pyridine rings is 1. The van der Waals surface area contributed by atoms with E-state index in [-0.39, 0.29) is 12.2 Å². The van der Waals surface area contributed by atoms with Gasteiger partial charge < -0.3 is 4.90 Å². The Labute approximate surface area is 87.0 Å². The van der Waals surface area contributed by atoms with E-state index in [9.17, 15) is 9.18 Å². The Morgan fingerprint density at radius 2 is 2.40 bits per heavy atom. The van der Waals surface area contributed by atoms with Gasteiger partial charge in [0.1, 0.15) is 12.2 Å². The van der Waals surface area contributed by atoms with Gasteiger partial charge in [0.25, 0.3) is 5.91 Å². The highest BCUT2D eigenvalue weighted by Gasteiger charge is 2.15. The van der Waals surface area contributed by atoms with Crippen molar-refractivity contribution in [1.29, 1.82) is 5.26 Å². The number of carbonyl (C=O) groups excluding carboxylic acids is 1. The van der Waals surface area contributed by atoms with Crippen LogP contribution in [0.15, 0.2) is 18.2 Å². The molecule has 0 aliphatic carbocycles. The number of hydrogen-bond donors (Lipinski definition) is 0. The standard InChI is InChI=1S/C10H10FN3O/c1-2-14(7-6-12)10(15)8-4-3-5-9(11)13-8/h3-5H,2,7H2,1H3. The van der Waals surface area contributed by atoms with Crippen molar-refractivity contribution < 1.29 is 9.18 Å². The second-order valence-electron chi connectivity index (χ2n) is 2.82. The second kappa shape index (κ2) is 5.05. The van der Waals surface area contributed by atoms with E-state index >= 15 is 0 Å². The van der Waals surface area contributed by atoms with Crippen molar-refractivity contribution in [3.8, 4) is 6.07 Å². The molecule has 15 heavy (non-hydrogen) atoms. The zero-order chi connectivity index (χ0) is 11.3. The maximum Gasteiger partial charge on any atom is 0.273 e. The van der Waals surface area contributed by atoms with Crippen LogP contribution in [-0.4, -0.2) is 28.9 Å². The maximum absolute atomic E-state index is 12.7. The topological polar surface area (TPSA) is 57.0 Å². The molecule has 1 aromatic heterocycles. The van der Waals surface area contributed by atoms with Gasteiger partial charge in [0.15, 0.2) is 0 Å². The monoisotopic (exact) mass is 207 g/mol. The molecule has 1 amide bonds. The van der Waals surface area contributed by atoms with Crippen LogP contribution in [0.3, 0.4) is 0 Å². The summed E-state index contributed by atoms with van der Waals surface area (Å²) in [4.78, 5) is 16.4.